The Balaban J connectivity index is 1.80. The highest BCUT2D eigenvalue weighted by atomic mass is 32.2. The molecular weight excluding hydrogens is 254 g/mol. The second-order valence-corrected chi connectivity index (χ2v) is 7.65. The third-order valence-electron chi connectivity index (χ3n) is 4.23. The molecule has 1 unspecified atom stereocenters. The van der Waals surface area contributed by atoms with Crippen LogP contribution in [-0.2, 0) is 19.3 Å². The van der Waals surface area contributed by atoms with Gasteiger partial charge in [-0.3, -0.25) is 0 Å². The largest absolute Gasteiger partial charge is 0.382 e. The summed E-state index contributed by atoms with van der Waals surface area (Å²) in [5.74, 6) is 1.05. The van der Waals surface area contributed by atoms with E-state index in [0.29, 0.717) is 37.2 Å². The molecule has 5 nitrogen and oxygen atoms in total. The van der Waals surface area contributed by atoms with Gasteiger partial charge in [0.1, 0.15) is 0 Å². The van der Waals surface area contributed by atoms with Gasteiger partial charge in [0.05, 0.1) is 24.7 Å². The summed E-state index contributed by atoms with van der Waals surface area (Å²) in [4.78, 5) is 0. The molecule has 0 aliphatic carbocycles. The number of methoxy groups -OCH3 is 1. The normalized spacial score (nSPS) is 29.1. The lowest BCUT2D eigenvalue weighted by Crippen LogP contribution is -2.58. The van der Waals surface area contributed by atoms with Crippen molar-refractivity contribution in [1.82, 2.24) is 5.32 Å². The first-order valence-corrected chi connectivity index (χ1v) is 8.38. The standard InChI is InChI=1S/C12H23NO4S/c1-16-5-6-17-4-3-12(9-13-10-12)11-2-7-18(14,15)8-11/h11,13H,2-10H2,1H3. The third-order valence-corrected chi connectivity index (χ3v) is 6.00. The molecule has 0 amide bonds. The molecule has 2 saturated heterocycles. The predicted octanol–water partition coefficient (Wildman–Crippen LogP) is 0.0638. The van der Waals surface area contributed by atoms with Gasteiger partial charge in [0.25, 0.3) is 0 Å². The Hall–Kier alpha value is -0.170. The second-order valence-electron chi connectivity index (χ2n) is 5.42. The maximum absolute atomic E-state index is 11.6. The van der Waals surface area contributed by atoms with Crippen LogP contribution in [0.2, 0.25) is 0 Å². The van der Waals surface area contributed by atoms with E-state index in [9.17, 15) is 8.42 Å². The summed E-state index contributed by atoms with van der Waals surface area (Å²) in [6, 6.07) is 0. The van der Waals surface area contributed by atoms with E-state index in [1.165, 1.54) is 0 Å². The molecule has 0 aromatic rings. The van der Waals surface area contributed by atoms with Crippen molar-refractivity contribution < 1.29 is 17.9 Å². The summed E-state index contributed by atoms with van der Waals surface area (Å²) in [6.07, 6.45) is 1.77. The summed E-state index contributed by atoms with van der Waals surface area (Å²) in [7, 11) is -1.13. The Morgan fingerprint density at radius 3 is 2.56 bits per heavy atom. The molecule has 6 heteroatoms. The average molecular weight is 277 g/mol. The first-order valence-electron chi connectivity index (χ1n) is 6.56. The van der Waals surface area contributed by atoms with E-state index in [2.05, 4.69) is 5.32 Å². The first-order chi connectivity index (χ1) is 8.58. The van der Waals surface area contributed by atoms with Gasteiger partial charge in [-0.1, -0.05) is 0 Å². The fraction of sp³-hybridized carbons (Fsp3) is 1.00. The minimum absolute atomic E-state index is 0.149. The van der Waals surface area contributed by atoms with Crippen LogP contribution in [0, 0.1) is 11.3 Å². The van der Waals surface area contributed by atoms with E-state index in [1.54, 1.807) is 7.11 Å². The van der Waals surface area contributed by atoms with Crippen LogP contribution >= 0.6 is 0 Å². The molecule has 1 atom stereocenters. The van der Waals surface area contributed by atoms with E-state index in [1.807, 2.05) is 0 Å². The fourth-order valence-corrected chi connectivity index (χ4v) is 4.86. The van der Waals surface area contributed by atoms with Gasteiger partial charge in [-0.15, -0.1) is 0 Å². The molecule has 18 heavy (non-hydrogen) atoms. The molecule has 1 N–H and O–H groups in total. The number of rotatable bonds is 7. The zero-order chi connectivity index (χ0) is 13.1. The van der Waals surface area contributed by atoms with Crippen LogP contribution < -0.4 is 5.32 Å². The van der Waals surface area contributed by atoms with Crippen LogP contribution in [0.15, 0.2) is 0 Å². The molecule has 2 rings (SSSR count). The lowest BCUT2D eigenvalue weighted by Gasteiger charge is -2.47. The van der Waals surface area contributed by atoms with Gasteiger partial charge in [0.15, 0.2) is 9.84 Å². The quantitative estimate of drug-likeness (QED) is 0.667. The topological polar surface area (TPSA) is 64.6 Å². The second kappa shape index (κ2) is 5.86. The Labute approximate surface area is 109 Å². The highest BCUT2D eigenvalue weighted by Gasteiger charge is 2.47. The minimum Gasteiger partial charge on any atom is -0.382 e. The Kier molecular flexibility index (Phi) is 4.64. The van der Waals surface area contributed by atoms with Crippen LogP contribution in [0.4, 0.5) is 0 Å². The van der Waals surface area contributed by atoms with Crippen LogP contribution in [0.1, 0.15) is 12.8 Å². The van der Waals surface area contributed by atoms with Gasteiger partial charge in [-0.25, -0.2) is 8.42 Å². The van der Waals surface area contributed by atoms with Gasteiger partial charge in [-0.05, 0) is 18.8 Å². The Bertz CT molecular complexity index is 364. The maximum Gasteiger partial charge on any atom is 0.150 e. The number of hydrogen-bond acceptors (Lipinski definition) is 5. The summed E-state index contributed by atoms with van der Waals surface area (Å²) < 4.78 is 33.6. The van der Waals surface area contributed by atoms with E-state index in [-0.39, 0.29) is 5.41 Å². The molecule has 0 aromatic heterocycles. The van der Waals surface area contributed by atoms with Gasteiger partial charge in [0, 0.05) is 32.2 Å². The Morgan fingerprint density at radius 1 is 1.28 bits per heavy atom. The van der Waals surface area contributed by atoms with Crippen LogP contribution in [0.5, 0.6) is 0 Å². The predicted molar refractivity (Wildman–Crippen MR) is 69.4 cm³/mol. The summed E-state index contributed by atoms with van der Waals surface area (Å²) in [5.41, 5.74) is 0.149. The molecule has 2 aliphatic rings. The first kappa shape index (κ1) is 14.2. The summed E-state index contributed by atoms with van der Waals surface area (Å²) >= 11 is 0. The number of hydrogen-bond donors (Lipinski definition) is 1. The molecule has 2 fully saturated rings. The third kappa shape index (κ3) is 3.23. The molecule has 0 spiro atoms. The fourth-order valence-electron chi connectivity index (χ4n) is 2.91. The lowest BCUT2D eigenvalue weighted by molar-refractivity contribution is 0.0147. The van der Waals surface area contributed by atoms with E-state index in [4.69, 9.17) is 9.47 Å². The lowest BCUT2D eigenvalue weighted by atomic mass is 9.68. The SMILES string of the molecule is COCCOCCC1(C2CCS(=O)(=O)C2)CNC1. The molecular formula is C12H23NO4S. The van der Waals surface area contributed by atoms with Crippen molar-refractivity contribution >= 4 is 9.84 Å². The molecule has 0 saturated carbocycles. The van der Waals surface area contributed by atoms with Crippen LogP contribution in [0.3, 0.4) is 0 Å². The molecule has 106 valence electrons. The van der Waals surface area contributed by atoms with Gasteiger partial charge in [-0.2, -0.15) is 0 Å². The average Bonchev–Trinajstić information content (AvgIpc) is 2.62. The highest BCUT2D eigenvalue weighted by molar-refractivity contribution is 7.91. The molecule has 0 radical (unpaired) electrons. The van der Waals surface area contributed by atoms with Crippen molar-refractivity contribution in [3.63, 3.8) is 0 Å². The van der Waals surface area contributed by atoms with E-state index >= 15 is 0 Å². The van der Waals surface area contributed by atoms with E-state index < -0.39 is 9.84 Å². The summed E-state index contributed by atoms with van der Waals surface area (Å²) in [5, 5.41) is 3.28. The smallest absolute Gasteiger partial charge is 0.150 e. The number of ether oxygens (including phenoxy) is 2. The molecule has 2 aliphatic heterocycles. The zero-order valence-corrected chi connectivity index (χ0v) is 11.8. The maximum atomic E-state index is 11.6. The van der Waals surface area contributed by atoms with Crippen molar-refractivity contribution in [2.45, 2.75) is 12.8 Å². The van der Waals surface area contributed by atoms with Crippen molar-refractivity contribution in [3.8, 4) is 0 Å². The molecule has 0 bridgehead atoms. The number of sulfone groups is 1. The van der Waals surface area contributed by atoms with Crippen LogP contribution in [-0.4, -0.2) is 59.9 Å². The van der Waals surface area contributed by atoms with Gasteiger partial charge >= 0.3 is 0 Å². The monoisotopic (exact) mass is 277 g/mol. The minimum atomic E-state index is -2.78. The van der Waals surface area contributed by atoms with Gasteiger partial charge in [0.2, 0.25) is 0 Å². The van der Waals surface area contributed by atoms with Gasteiger partial charge < -0.3 is 14.8 Å². The van der Waals surface area contributed by atoms with Crippen LogP contribution in [0.25, 0.3) is 0 Å². The van der Waals surface area contributed by atoms with Crippen molar-refractivity contribution in [3.05, 3.63) is 0 Å². The molecule has 0 aromatic carbocycles. The number of nitrogens with one attached hydrogen (secondary N) is 1. The van der Waals surface area contributed by atoms with Crippen molar-refractivity contribution in [2.75, 3.05) is 51.5 Å². The highest BCUT2D eigenvalue weighted by Crippen LogP contribution is 2.41. The van der Waals surface area contributed by atoms with Crippen molar-refractivity contribution in [2.24, 2.45) is 11.3 Å². The molecule has 2 heterocycles. The summed E-state index contributed by atoms with van der Waals surface area (Å²) in [6.45, 7) is 3.79. The zero-order valence-electron chi connectivity index (χ0n) is 11.0. The van der Waals surface area contributed by atoms with E-state index in [0.717, 1.165) is 25.9 Å². The van der Waals surface area contributed by atoms with Crippen molar-refractivity contribution in [1.29, 1.82) is 0 Å². The Morgan fingerprint density at radius 2 is 2.06 bits per heavy atom.